The Bertz CT molecular complexity index is 455. The van der Waals surface area contributed by atoms with E-state index >= 15 is 0 Å². The molecule has 2 N–H and O–H groups in total. The van der Waals surface area contributed by atoms with Crippen molar-refractivity contribution in [1.29, 1.82) is 0 Å². The zero-order valence-electron chi connectivity index (χ0n) is 9.73. The largest absolute Gasteiger partial charge is 0.387 e. The second-order valence-electron chi connectivity index (χ2n) is 3.31. The minimum Gasteiger partial charge on any atom is -0.387 e. The summed E-state index contributed by atoms with van der Waals surface area (Å²) in [7, 11) is 0. The van der Waals surface area contributed by atoms with E-state index in [9.17, 15) is 0 Å². The van der Waals surface area contributed by atoms with Gasteiger partial charge in [-0.2, -0.15) is 0 Å². The molecule has 0 aliphatic carbocycles. The third-order valence-corrected chi connectivity index (χ3v) is 1.67. The highest BCUT2D eigenvalue weighted by molar-refractivity contribution is 5.94. The van der Waals surface area contributed by atoms with Gasteiger partial charge in [-0.05, 0) is 26.8 Å². The Kier molecular flexibility index (Phi) is 3.88. The molecule has 5 nitrogen and oxygen atoms in total. The standard InChI is InChI=1S/C11H15N5/c1-5-10-6-11(16-9(4)14-10)15-8(3)13-7(2)12/h5-6H,1H2,2-4H3,(H2,12,13,14,15,16). The topological polar surface area (TPSA) is 76.5 Å². The molecule has 0 aliphatic heterocycles. The van der Waals surface area contributed by atoms with Crippen LogP contribution in [0.25, 0.3) is 6.08 Å². The van der Waals surface area contributed by atoms with Crippen LogP contribution >= 0.6 is 0 Å². The molecular weight excluding hydrogens is 202 g/mol. The van der Waals surface area contributed by atoms with Crippen molar-refractivity contribution < 1.29 is 0 Å². The highest BCUT2D eigenvalue weighted by Crippen LogP contribution is 2.11. The van der Waals surface area contributed by atoms with E-state index in [1.165, 1.54) is 0 Å². The fourth-order valence-electron chi connectivity index (χ4n) is 1.18. The summed E-state index contributed by atoms with van der Waals surface area (Å²) in [5.41, 5.74) is 6.20. The Labute approximate surface area is 94.9 Å². The molecule has 1 rings (SSSR count). The van der Waals surface area contributed by atoms with Crippen molar-refractivity contribution in [2.24, 2.45) is 15.7 Å². The molecule has 1 heterocycles. The molecule has 0 spiro atoms. The first kappa shape index (κ1) is 12.0. The van der Waals surface area contributed by atoms with Crippen molar-refractivity contribution in [3.8, 4) is 0 Å². The SMILES string of the molecule is C=Cc1cc(N=C(C)N=C(C)N)nc(C)n1. The molecule has 0 saturated carbocycles. The van der Waals surface area contributed by atoms with Gasteiger partial charge >= 0.3 is 0 Å². The molecule has 1 aromatic heterocycles. The van der Waals surface area contributed by atoms with Crippen LogP contribution in [0.3, 0.4) is 0 Å². The molecule has 0 aromatic carbocycles. The highest BCUT2D eigenvalue weighted by Gasteiger charge is 1.98. The van der Waals surface area contributed by atoms with Crippen LogP contribution < -0.4 is 5.73 Å². The van der Waals surface area contributed by atoms with E-state index in [1.54, 1.807) is 32.9 Å². The summed E-state index contributed by atoms with van der Waals surface area (Å²) in [5, 5.41) is 0. The molecule has 0 amide bonds. The van der Waals surface area contributed by atoms with Crippen LogP contribution in [0.4, 0.5) is 5.82 Å². The minimum absolute atomic E-state index is 0.468. The summed E-state index contributed by atoms with van der Waals surface area (Å²) < 4.78 is 0. The quantitative estimate of drug-likeness (QED) is 0.606. The van der Waals surface area contributed by atoms with Crippen molar-refractivity contribution in [3.63, 3.8) is 0 Å². The summed E-state index contributed by atoms with van der Waals surface area (Å²) in [5.74, 6) is 2.24. The van der Waals surface area contributed by atoms with Crippen LogP contribution in [0, 0.1) is 6.92 Å². The fourth-order valence-corrected chi connectivity index (χ4v) is 1.18. The summed E-state index contributed by atoms with van der Waals surface area (Å²) in [6.45, 7) is 8.93. The molecule has 5 heteroatoms. The Hall–Kier alpha value is -2.04. The number of nitrogens with zero attached hydrogens (tertiary/aromatic N) is 4. The summed E-state index contributed by atoms with van der Waals surface area (Å²) in [4.78, 5) is 16.6. The first-order valence-electron chi connectivity index (χ1n) is 4.85. The number of hydrogen-bond acceptors (Lipinski definition) is 3. The predicted octanol–water partition coefficient (Wildman–Crippen LogP) is 1.86. The lowest BCUT2D eigenvalue weighted by atomic mass is 10.4. The number of aromatic nitrogens is 2. The molecule has 0 bridgehead atoms. The number of aliphatic imine (C=N–C) groups is 2. The molecular formula is C11H15N5. The van der Waals surface area contributed by atoms with E-state index in [2.05, 4.69) is 26.5 Å². The smallest absolute Gasteiger partial charge is 0.158 e. The lowest BCUT2D eigenvalue weighted by Crippen LogP contribution is -2.07. The second kappa shape index (κ2) is 5.16. The van der Waals surface area contributed by atoms with Crippen LogP contribution in [-0.2, 0) is 0 Å². The molecule has 84 valence electrons. The minimum atomic E-state index is 0.468. The zero-order valence-corrected chi connectivity index (χ0v) is 9.73. The lowest BCUT2D eigenvalue weighted by molar-refractivity contribution is 1.04. The molecule has 0 unspecified atom stereocenters. The van der Waals surface area contributed by atoms with Crippen LogP contribution in [0.5, 0.6) is 0 Å². The van der Waals surface area contributed by atoms with E-state index in [0.29, 0.717) is 23.3 Å². The second-order valence-corrected chi connectivity index (χ2v) is 3.31. The maximum atomic E-state index is 5.45. The molecule has 0 atom stereocenters. The third kappa shape index (κ3) is 3.61. The van der Waals surface area contributed by atoms with Gasteiger partial charge in [0, 0.05) is 6.07 Å². The van der Waals surface area contributed by atoms with Crippen molar-refractivity contribution in [3.05, 3.63) is 24.2 Å². The molecule has 16 heavy (non-hydrogen) atoms. The van der Waals surface area contributed by atoms with Gasteiger partial charge in [0.15, 0.2) is 5.82 Å². The summed E-state index contributed by atoms with van der Waals surface area (Å²) in [6, 6.07) is 1.74. The number of aryl methyl sites for hydroxylation is 1. The van der Waals surface area contributed by atoms with Gasteiger partial charge in [0.25, 0.3) is 0 Å². The van der Waals surface area contributed by atoms with Gasteiger partial charge in [0.2, 0.25) is 0 Å². The average molecular weight is 217 g/mol. The van der Waals surface area contributed by atoms with Crippen LogP contribution in [-0.4, -0.2) is 21.6 Å². The predicted molar refractivity (Wildman–Crippen MR) is 66.9 cm³/mol. The maximum Gasteiger partial charge on any atom is 0.158 e. The maximum absolute atomic E-state index is 5.45. The van der Waals surface area contributed by atoms with Crippen molar-refractivity contribution in [2.45, 2.75) is 20.8 Å². The van der Waals surface area contributed by atoms with Gasteiger partial charge in [-0.15, -0.1) is 0 Å². The first-order valence-corrected chi connectivity index (χ1v) is 4.85. The van der Waals surface area contributed by atoms with E-state index < -0.39 is 0 Å². The van der Waals surface area contributed by atoms with E-state index in [-0.39, 0.29) is 0 Å². The number of hydrogen-bond donors (Lipinski definition) is 1. The third-order valence-electron chi connectivity index (χ3n) is 1.67. The van der Waals surface area contributed by atoms with Gasteiger partial charge in [-0.1, -0.05) is 6.58 Å². The lowest BCUT2D eigenvalue weighted by Gasteiger charge is -1.99. The number of nitrogens with two attached hydrogens (primary N) is 1. The van der Waals surface area contributed by atoms with Crippen LogP contribution in [0.15, 0.2) is 22.6 Å². The zero-order chi connectivity index (χ0) is 12.1. The van der Waals surface area contributed by atoms with Gasteiger partial charge in [-0.3, -0.25) is 0 Å². The molecule has 1 aromatic rings. The van der Waals surface area contributed by atoms with Crippen LogP contribution in [0.1, 0.15) is 25.4 Å². The van der Waals surface area contributed by atoms with Crippen molar-refractivity contribution in [2.75, 3.05) is 0 Å². The normalized spacial score (nSPS) is 12.7. The van der Waals surface area contributed by atoms with Gasteiger partial charge in [-0.25, -0.2) is 20.0 Å². The first-order chi connectivity index (χ1) is 7.51. The Morgan fingerprint density at radius 2 is 2.12 bits per heavy atom. The van der Waals surface area contributed by atoms with Gasteiger partial charge in [0.05, 0.1) is 11.5 Å². The Morgan fingerprint density at radius 3 is 2.69 bits per heavy atom. The molecule has 0 fully saturated rings. The van der Waals surface area contributed by atoms with Crippen molar-refractivity contribution in [1.82, 2.24) is 9.97 Å². The average Bonchev–Trinajstić information content (AvgIpc) is 2.14. The monoisotopic (exact) mass is 217 g/mol. The van der Waals surface area contributed by atoms with E-state index in [1.807, 2.05) is 0 Å². The van der Waals surface area contributed by atoms with Gasteiger partial charge < -0.3 is 5.73 Å². The Morgan fingerprint density at radius 1 is 1.44 bits per heavy atom. The van der Waals surface area contributed by atoms with Crippen molar-refractivity contribution >= 4 is 23.6 Å². The number of rotatable bonds is 2. The molecule has 0 aliphatic rings. The summed E-state index contributed by atoms with van der Waals surface area (Å²) >= 11 is 0. The van der Waals surface area contributed by atoms with Crippen LogP contribution in [0.2, 0.25) is 0 Å². The van der Waals surface area contributed by atoms with E-state index in [0.717, 1.165) is 5.69 Å². The van der Waals surface area contributed by atoms with Gasteiger partial charge in [0.1, 0.15) is 11.7 Å². The fraction of sp³-hybridized carbons (Fsp3) is 0.273. The molecule has 0 saturated heterocycles. The van der Waals surface area contributed by atoms with E-state index in [4.69, 9.17) is 5.73 Å². The summed E-state index contributed by atoms with van der Waals surface area (Å²) in [6.07, 6.45) is 1.65. The highest BCUT2D eigenvalue weighted by atomic mass is 15.0. The molecule has 0 radical (unpaired) electrons. The Balaban J connectivity index is 3.10. The number of amidine groups is 2.